The van der Waals surface area contributed by atoms with E-state index in [0.29, 0.717) is 43.3 Å². The Kier molecular flexibility index (Phi) is 6.88. The second kappa shape index (κ2) is 8.73. The Labute approximate surface area is 155 Å². The maximum atomic E-state index is 13.0. The van der Waals surface area contributed by atoms with Crippen LogP contribution in [0.1, 0.15) is 26.7 Å². The highest BCUT2D eigenvalue weighted by Crippen LogP contribution is 2.32. The summed E-state index contributed by atoms with van der Waals surface area (Å²) in [5, 5.41) is 2.90. The van der Waals surface area contributed by atoms with E-state index in [1.807, 2.05) is 13.8 Å². The fourth-order valence-electron chi connectivity index (χ4n) is 2.95. The SMILES string of the molecule is COc1ccc(S(=O)(=O)N2CCC[C@H](C(=O)NCC(C)C)C2)cc1OC. The molecule has 1 saturated heterocycles. The Morgan fingerprint density at radius 3 is 2.58 bits per heavy atom. The lowest BCUT2D eigenvalue weighted by Crippen LogP contribution is -2.45. The molecule has 0 aliphatic carbocycles. The van der Waals surface area contributed by atoms with E-state index in [0.717, 1.165) is 0 Å². The van der Waals surface area contributed by atoms with Crippen LogP contribution in [0.2, 0.25) is 0 Å². The van der Waals surface area contributed by atoms with E-state index in [1.54, 1.807) is 6.07 Å². The standard InChI is InChI=1S/C18H28N2O5S/c1-13(2)11-19-18(21)14-6-5-9-20(12-14)26(22,23)15-7-8-16(24-3)17(10-15)25-4/h7-8,10,13-14H,5-6,9,11-12H2,1-4H3,(H,19,21)/t14-/m0/s1. The predicted molar refractivity (Wildman–Crippen MR) is 98.9 cm³/mol. The molecule has 1 aromatic carbocycles. The zero-order valence-electron chi connectivity index (χ0n) is 15.8. The first-order valence-electron chi connectivity index (χ1n) is 8.79. The first-order valence-corrected chi connectivity index (χ1v) is 10.2. The third-order valence-corrected chi connectivity index (χ3v) is 6.29. The van der Waals surface area contributed by atoms with Gasteiger partial charge in [-0.2, -0.15) is 4.31 Å². The highest BCUT2D eigenvalue weighted by Gasteiger charge is 2.33. The Hall–Kier alpha value is -1.80. The molecule has 0 radical (unpaired) electrons. The lowest BCUT2D eigenvalue weighted by Gasteiger charge is -2.31. The Morgan fingerprint density at radius 2 is 1.96 bits per heavy atom. The summed E-state index contributed by atoms with van der Waals surface area (Å²) >= 11 is 0. The van der Waals surface area contributed by atoms with Gasteiger partial charge in [0.15, 0.2) is 11.5 Å². The smallest absolute Gasteiger partial charge is 0.243 e. The van der Waals surface area contributed by atoms with Gasteiger partial charge in [-0.25, -0.2) is 8.42 Å². The molecular formula is C18H28N2O5S. The van der Waals surface area contributed by atoms with Gasteiger partial charge in [-0.1, -0.05) is 13.8 Å². The van der Waals surface area contributed by atoms with Crippen LogP contribution in [0.25, 0.3) is 0 Å². The van der Waals surface area contributed by atoms with Gasteiger partial charge < -0.3 is 14.8 Å². The van der Waals surface area contributed by atoms with Crippen molar-refractivity contribution in [3.63, 3.8) is 0 Å². The average Bonchev–Trinajstić information content (AvgIpc) is 2.65. The van der Waals surface area contributed by atoms with Crippen LogP contribution in [0.4, 0.5) is 0 Å². The summed E-state index contributed by atoms with van der Waals surface area (Å²) < 4.78 is 37.7. The number of hydrogen-bond donors (Lipinski definition) is 1. The first-order chi connectivity index (χ1) is 12.3. The summed E-state index contributed by atoms with van der Waals surface area (Å²) in [5.41, 5.74) is 0. The van der Waals surface area contributed by atoms with Gasteiger partial charge in [0.25, 0.3) is 0 Å². The second-order valence-electron chi connectivity index (χ2n) is 6.86. The molecule has 1 heterocycles. The molecule has 2 rings (SSSR count). The maximum Gasteiger partial charge on any atom is 0.243 e. The van der Waals surface area contributed by atoms with Crippen molar-refractivity contribution in [2.75, 3.05) is 33.9 Å². The van der Waals surface area contributed by atoms with Gasteiger partial charge in [0.2, 0.25) is 15.9 Å². The zero-order chi connectivity index (χ0) is 19.3. The number of amides is 1. The van der Waals surface area contributed by atoms with E-state index in [-0.39, 0.29) is 23.3 Å². The molecule has 1 aromatic rings. The molecule has 1 aliphatic heterocycles. The molecule has 8 heteroatoms. The Balaban J connectivity index is 2.17. The Morgan fingerprint density at radius 1 is 1.27 bits per heavy atom. The quantitative estimate of drug-likeness (QED) is 0.776. The minimum absolute atomic E-state index is 0.0779. The van der Waals surface area contributed by atoms with Gasteiger partial charge in [-0.3, -0.25) is 4.79 Å². The molecular weight excluding hydrogens is 356 g/mol. The van der Waals surface area contributed by atoms with Crippen molar-refractivity contribution in [1.82, 2.24) is 9.62 Å². The number of methoxy groups -OCH3 is 2. The third-order valence-electron chi connectivity index (χ3n) is 4.43. The van der Waals surface area contributed by atoms with Crippen LogP contribution in [-0.2, 0) is 14.8 Å². The molecule has 1 fully saturated rings. The number of ether oxygens (including phenoxy) is 2. The van der Waals surface area contributed by atoms with Gasteiger partial charge in [-0.15, -0.1) is 0 Å². The molecule has 1 atom stereocenters. The van der Waals surface area contributed by atoms with E-state index < -0.39 is 10.0 Å². The minimum Gasteiger partial charge on any atom is -0.493 e. The number of hydrogen-bond acceptors (Lipinski definition) is 5. The number of nitrogens with zero attached hydrogens (tertiary/aromatic N) is 1. The van der Waals surface area contributed by atoms with E-state index in [1.165, 1.54) is 30.7 Å². The topological polar surface area (TPSA) is 84.9 Å². The zero-order valence-corrected chi connectivity index (χ0v) is 16.6. The molecule has 26 heavy (non-hydrogen) atoms. The van der Waals surface area contributed by atoms with Crippen molar-refractivity contribution >= 4 is 15.9 Å². The van der Waals surface area contributed by atoms with Crippen molar-refractivity contribution in [3.8, 4) is 11.5 Å². The van der Waals surface area contributed by atoms with Crippen molar-refractivity contribution in [1.29, 1.82) is 0 Å². The fraction of sp³-hybridized carbons (Fsp3) is 0.611. The van der Waals surface area contributed by atoms with Crippen molar-refractivity contribution in [3.05, 3.63) is 18.2 Å². The number of rotatable bonds is 7. The third kappa shape index (κ3) is 4.67. The highest BCUT2D eigenvalue weighted by molar-refractivity contribution is 7.89. The second-order valence-corrected chi connectivity index (χ2v) is 8.80. The lowest BCUT2D eigenvalue weighted by atomic mass is 9.98. The number of benzene rings is 1. The summed E-state index contributed by atoms with van der Waals surface area (Å²) in [6, 6.07) is 4.53. The molecule has 0 saturated carbocycles. The van der Waals surface area contributed by atoms with E-state index >= 15 is 0 Å². The van der Waals surface area contributed by atoms with E-state index in [4.69, 9.17) is 9.47 Å². The largest absolute Gasteiger partial charge is 0.493 e. The molecule has 1 aliphatic rings. The van der Waals surface area contributed by atoms with Crippen molar-refractivity contribution in [2.24, 2.45) is 11.8 Å². The maximum absolute atomic E-state index is 13.0. The number of carbonyl (C=O) groups excluding carboxylic acids is 1. The number of piperidine rings is 1. The summed E-state index contributed by atoms with van der Waals surface area (Å²) in [6.07, 6.45) is 1.36. The van der Waals surface area contributed by atoms with Crippen LogP contribution in [0.5, 0.6) is 11.5 Å². The highest BCUT2D eigenvalue weighted by atomic mass is 32.2. The molecule has 1 amide bonds. The number of sulfonamides is 1. The van der Waals surface area contributed by atoms with Crippen LogP contribution < -0.4 is 14.8 Å². The predicted octanol–water partition coefficient (Wildman–Crippen LogP) is 1.88. The fourth-order valence-corrected chi connectivity index (χ4v) is 4.49. The Bertz CT molecular complexity index is 733. The summed E-state index contributed by atoms with van der Waals surface area (Å²) in [6.45, 7) is 5.24. The van der Waals surface area contributed by atoms with E-state index in [2.05, 4.69) is 5.32 Å². The van der Waals surface area contributed by atoms with Crippen LogP contribution in [-0.4, -0.2) is 52.5 Å². The van der Waals surface area contributed by atoms with Crippen LogP contribution in [0.15, 0.2) is 23.1 Å². The summed E-state index contributed by atoms with van der Waals surface area (Å²) in [5.74, 6) is 0.783. The van der Waals surface area contributed by atoms with Gasteiger partial charge in [-0.05, 0) is 30.9 Å². The first kappa shape index (κ1) is 20.5. The molecule has 7 nitrogen and oxygen atoms in total. The van der Waals surface area contributed by atoms with Crippen molar-refractivity contribution in [2.45, 2.75) is 31.6 Å². The molecule has 0 aromatic heterocycles. The normalized spacial score (nSPS) is 18.6. The van der Waals surface area contributed by atoms with Crippen LogP contribution in [0.3, 0.4) is 0 Å². The average molecular weight is 384 g/mol. The van der Waals surface area contributed by atoms with E-state index in [9.17, 15) is 13.2 Å². The molecule has 0 spiro atoms. The monoisotopic (exact) mass is 384 g/mol. The molecule has 146 valence electrons. The van der Waals surface area contributed by atoms with Crippen LogP contribution in [0, 0.1) is 11.8 Å². The van der Waals surface area contributed by atoms with Gasteiger partial charge in [0.1, 0.15) is 0 Å². The molecule has 0 unspecified atom stereocenters. The minimum atomic E-state index is -3.70. The lowest BCUT2D eigenvalue weighted by molar-refractivity contribution is -0.126. The van der Waals surface area contributed by atoms with Crippen molar-refractivity contribution < 1.29 is 22.7 Å². The number of carbonyl (C=O) groups is 1. The van der Waals surface area contributed by atoms with Gasteiger partial charge in [0.05, 0.1) is 25.0 Å². The van der Waals surface area contributed by atoms with Gasteiger partial charge >= 0.3 is 0 Å². The summed E-state index contributed by atoms with van der Waals surface area (Å²) in [4.78, 5) is 12.5. The number of nitrogens with one attached hydrogen (secondary N) is 1. The molecule has 0 bridgehead atoms. The molecule has 1 N–H and O–H groups in total. The van der Waals surface area contributed by atoms with Gasteiger partial charge in [0, 0.05) is 25.7 Å². The summed E-state index contributed by atoms with van der Waals surface area (Å²) in [7, 11) is -0.740. The van der Waals surface area contributed by atoms with Crippen LogP contribution >= 0.6 is 0 Å².